The minimum Gasteiger partial charge on any atom is -0.484 e. The van der Waals surface area contributed by atoms with E-state index in [1.807, 2.05) is 6.92 Å². The number of ether oxygens (including phenoxy) is 1. The number of guanidine groups is 1. The maximum absolute atomic E-state index is 12.2. The SMILES string of the molecule is CCNC(=NCc1ccc(OCC(F)(F)F)cc1)NCCN1C(=O)CCCC1=O. The van der Waals surface area contributed by atoms with E-state index in [1.54, 1.807) is 12.1 Å². The quantitative estimate of drug-likeness (QED) is 0.387. The van der Waals surface area contributed by atoms with Crippen molar-refractivity contribution in [2.24, 2.45) is 4.99 Å². The molecule has 0 aliphatic carbocycles. The molecular weight excluding hydrogens is 389 g/mol. The molecule has 0 spiro atoms. The van der Waals surface area contributed by atoms with Crippen molar-refractivity contribution in [3.8, 4) is 5.75 Å². The Balaban J connectivity index is 1.84. The molecule has 0 atom stereocenters. The molecule has 2 N–H and O–H groups in total. The third-order valence-electron chi connectivity index (χ3n) is 4.10. The van der Waals surface area contributed by atoms with E-state index in [0.717, 1.165) is 5.56 Å². The number of hydrogen-bond donors (Lipinski definition) is 2. The summed E-state index contributed by atoms with van der Waals surface area (Å²) in [6.45, 7) is 2.14. The van der Waals surface area contributed by atoms with Crippen LogP contribution in [0.2, 0.25) is 0 Å². The maximum Gasteiger partial charge on any atom is 0.422 e. The Labute approximate surface area is 167 Å². The van der Waals surface area contributed by atoms with Gasteiger partial charge in [0.2, 0.25) is 11.8 Å². The van der Waals surface area contributed by atoms with Crippen molar-refractivity contribution in [1.29, 1.82) is 0 Å². The smallest absolute Gasteiger partial charge is 0.422 e. The van der Waals surface area contributed by atoms with E-state index in [0.29, 0.717) is 44.9 Å². The molecular formula is C19H25F3N4O3. The molecule has 10 heteroatoms. The molecule has 1 aromatic carbocycles. The van der Waals surface area contributed by atoms with Crippen LogP contribution in [0.3, 0.4) is 0 Å². The lowest BCUT2D eigenvalue weighted by Gasteiger charge is -2.25. The Hall–Kier alpha value is -2.78. The molecule has 1 aromatic rings. The first-order valence-electron chi connectivity index (χ1n) is 9.42. The van der Waals surface area contributed by atoms with E-state index in [9.17, 15) is 22.8 Å². The highest BCUT2D eigenvalue weighted by Crippen LogP contribution is 2.19. The van der Waals surface area contributed by atoms with Gasteiger partial charge in [0.1, 0.15) is 5.75 Å². The Morgan fingerprint density at radius 2 is 1.79 bits per heavy atom. The molecule has 0 radical (unpaired) electrons. The van der Waals surface area contributed by atoms with Crippen LogP contribution in [-0.4, -0.2) is 55.1 Å². The number of hydrogen-bond acceptors (Lipinski definition) is 4. The van der Waals surface area contributed by atoms with Gasteiger partial charge in [-0.1, -0.05) is 12.1 Å². The number of likely N-dealkylation sites (tertiary alicyclic amines) is 1. The molecule has 2 amide bonds. The third kappa shape index (κ3) is 8.00. The molecule has 1 fully saturated rings. The number of carbonyl (C=O) groups excluding carboxylic acids is 2. The number of imide groups is 1. The second-order valence-corrected chi connectivity index (χ2v) is 6.46. The van der Waals surface area contributed by atoms with Crippen molar-refractivity contribution in [1.82, 2.24) is 15.5 Å². The highest BCUT2D eigenvalue weighted by molar-refractivity contribution is 5.97. The van der Waals surface area contributed by atoms with Gasteiger partial charge in [-0.2, -0.15) is 13.2 Å². The third-order valence-corrected chi connectivity index (χ3v) is 4.10. The summed E-state index contributed by atoms with van der Waals surface area (Å²) in [5.74, 6) is 0.341. The van der Waals surface area contributed by atoms with E-state index in [-0.39, 0.29) is 24.1 Å². The number of rotatable bonds is 8. The number of alkyl halides is 3. The number of nitrogens with zero attached hydrogens (tertiary/aromatic N) is 2. The molecule has 0 aromatic heterocycles. The van der Waals surface area contributed by atoms with Gasteiger partial charge in [0.15, 0.2) is 12.6 Å². The van der Waals surface area contributed by atoms with Crippen LogP contribution in [-0.2, 0) is 16.1 Å². The molecule has 1 aliphatic rings. The van der Waals surface area contributed by atoms with Gasteiger partial charge in [0, 0.05) is 32.5 Å². The van der Waals surface area contributed by atoms with Gasteiger partial charge >= 0.3 is 6.18 Å². The molecule has 1 aliphatic heterocycles. The zero-order chi connectivity index (χ0) is 21.3. The first kappa shape index (κ1) is 22.5. The van der Waals surface area contributed by atoms with E-state index in [2.05, 4.69) is 20.4 Å². The van der Waals surface area contributed by atoms with Gasteiger partial charge in [-0.25, -0.2) is 4.99 Å². The van der Waals surface area contributed by atoms with Crippen LogP contribution in [0.4, 0.5) is 13.2 Å². The number of piperidine rings is 1. The summed E-state index contributed by atoms with van der Waals surface area (Å²) in [6.07, 6.45) is -2.99. The maximum atomic E-state index is 12.2. The lowest BCUT2D eigenvalue weighted by molar-refractivity contribution is -0.153. The number of halogens is 3. The molecule has 2 rings (SSSR count). The van der Waals surface area contributed by atoms with Gasteiger partial charge in [-0.05, 0) is 31.0 Å². The fraction of sp³-hybridized carbons (Fsp3) is 0.526. The van der Waals surface area contributed by atoms with Crippen LogP contribution < -0.4 is 15.4 Å². The molecule has 1 heterocycles. The highest BCUT2D eigenvalue weighted by atomic mass is 19.4. The van der Waals surface area contributed by atoms with Crippen LogP contribution in [0.15, 0.2) is 29.3 Å². The highest BCUT2D eigenvalue weighted by Gasteiger charge is 2.28. The predicted molar refractivity (Wildman–Crippen MR) is 101 cm³/mol. The standard InChI is InChI=1S/C19H25F3N4O3/c1-2-23-18(24-10-11-26-16(27)4-3-5-17(26)28)25-12-14-6-8-15(9-7-14)29-13-19(20,21)22/h6-9H,2-5,10-13H2,1H3,(H2,23,24,25). The summed E-state index contributed by atoms with van der Waals surface area (Å²) in [4.78, 5) is 29.3. The van der Waals surface area contributed by atoms with Crippen molar-refractivity contribution in [2.45, 2.75) is 38.9 Å². The van der Waals surface area contributed by atoms with Crippen molar-refractivity contribution in [2.75, 3.05) is 26.2 Å². The second-order valence-electron chi connectivity index (χ2n) is 6.46. The number of amides is 2. The number of aliphatic imine (C=N–C) groups is 1. The van der Waals surface area contributed by atoms with Crippen molar-refractivity contribution in [3.05, 3.63) is 29.8 Å². The molecule has 29 heavy (non-hydrogen) atoms. The molecule has 0 bridgehead atoms. The van der Waals surface area contributed by atoms with E-state index < -0.39 is 12.8 Å². The Morgan fingerprint density at radius 1 is 1.14 bits per heavy atom. The molecule has 160 valence electrons. The van der Waals surface area contributed by atoms with Crippen LogP contribution in [0.1, 0.15) is 31.7 Å². The number of nitrogens with one attached hydrogen (secondary N) is 2. The van der Waals surface area contributed by atoms with Gasteiger partial charge in [-0.3, -0.25) is 14.5 Å². The van der Waals surface area contributed by atoms with Gasteiger partial charge < -0.3 is 15.4 Å². The van der Waals surface area contributed by atoms with Gasteiger partial charge in [0.25, 0.3) is 0 Å². The summed E-state index contributed by atoms with van der Waals surface area (Å²) in [5.41, 5.74) is 0.794. The summed E-state index contributed by atoms with van der Waals surface area (Å²) in [7, 11) is 0. The van der Waals surface area contributed by atoms with Crippen molar-refractivity contribution < 1.29 is 27.5 Å². The second kappa shape index (κ2) is 10.7. The lowest BCUT2D eigenvalue weighted by atomic mass is 10.1. The normalized spacial score (nSPS) is 15.4. The summed E-state index contributed by atoms with van der Waals surface area (Å²) in [6, 6.07) is 6.21. The van der Waals surface area contributed by atoms with E-state index >= 15 is 0 Å². The molecule has 0 saturated carbocycles. The zero-order valence-corrected chi connectivity index (χ0v) is 16.2. The average molecular weight is 414 g/mol. The predicted octanol–water partition coefficient (Wildman–Crippen LogP) is 2.22. The number of carbonyl (C=O) groups is 2. The molecule has 1 saturated heterocycles. The molecule has 7 nitrogen and oxygen atoms in total. The summed E-state index contributed by atoms with van der Waals surface area (Å²) >= 11 is 0. The lowest BCUT2D eigenvalue weighted by Crippen LogP contribution is -2.46. The zero-order valence-electron chi connectivity index (χ0n) is 16.2. The van der Waals surface area contributed by atoms with Crippen LogP contribution in [0.5, 0.6) is 5.75 Å². The van der Waals surface area contributed by atoms with Gasteiger partial charge in [-0.15, -0.1) is 0 Å². The van der Waals surface area contributed by atoms with Crippen LogP contribution in [0.25, 0.3) is 0 Å². The van der Waals surface area contributed by atoms with Gasteiger partial charge in [0.05, 0.1) is 6.54 Å². The average Bonchev–Trinajstić information content (AvgIpc) is 2.67. The van der Waals surface area contributed by atoms with Crippen molar-refractivity contribution in [3.63, 3.8) is 0 Å². The van der Waals surface area contributed by atoms with E-state index in [1.165, 1.54) is 17.0 Å². The van der Waals surface area contributed by atoms with Crippen LogP contribution >= 0.6 is 0 Å². The largest absolute Gasteiger partial charge is 0.484 e. The van der Waals surface area contributed by atoms with Crippen LogP contribution in [0, 0.1) is 0 Å². The first-order valence-corrected chi connectivity index (χ1v) is 9.42. The van der Waals surface area contributed by atoms with E-state index in [4.69, 9.17) is 0 Å². The fourth-order valence-corrected chi connectivity index (χ4v) is 2.70. The fourth-order valence-electron chi connectivity index (χ4n) is 2.70. The Kier molecular flexibility index (Phi) is 8.29. The van der Waals surface area contributed by atoms with Crippen molar-refractivity contribution >= 4 is 17.8 Å². The topological polar surface area (TPSA) is 83.0 Å². The minimum atomic E-state index is -4.38. The minimum absolute atomic E-state index is 0.135. The Bertz CT molecular complexity index is 704. The Morgan fingerprint density at radius 3 is 2.38 bits per heavy atom. The molecule has 0 unspecified atom stereocenters. The monoisotopic (exact) mass is 414 g/mol. The number of benzene rings is 1. The summed E-state index contributed by atoms with van der Waals surface area (Å²) in [5, 5.41) is 6.13. The first-order chi connectivity index (χ1) is 13.8. The summed E-state index contributed by atoms with van der Waals surface area (Å²) < 4.78 is 41.2.